The Labute approximate surface area is 150 Å². The van der Waals surface area contributed by atoms with Gasteiger partial charge in [0, 0.05) is 17.5 Å². The number of allylic oxidation sites excluding steroid dienone is 1. The Kier molecular flexibility index (Phi) is 9.75. The molecule has 0 spiro atoms. The Morgan fingerprint density at radius 2 is 1.58 bits per heavy atom. The number of anilines is 1. The van der Waals surface area contributed by atoms with Crippen molar-refractivity contribution in [1.29, 1.82) is 0 Å². The van der Waals surface area contributed by atoms with Crippen molar-refractivity contribution >= 4 is 5.82 Å². The maximum Gasteiger partial charge on any atom is 0.133 e. The lowest BCUT2D eigenvalue weighted by Gasteiger charge is -2.36. The molecule has 1 aromatic rings. The molecule has 0 aliphatic rings. The van der Waals surface area contributed by atoms with Gasteiger partial charge in [-0.15, -0.1) is 0 Å². The molecule has 1 N–H and O–H groups in total. The van der Waals surface area contributed by atoms with Crippen LogP contribution >= 0.6 is 0 Å². The zero-order valence-corrected chi connectivity index (χ0v) is 16.5. The second-order valence-corrected chi connectivity index (χ2v) is 7.25. The molecule has 0 aliphatic carbocycles. The monoisotopic (exact) mass is 330 g/mol. The van der Waals surface area contributed by atoms with Crippen LogP contribution in [-0.4, -0.2) is 4.98 Å². The molecule has 1 heterocycles. The van der Waals surface area contributed by atoms with Crippen LogP contribution in [0.5, 0.6) is 0 Å². The molecule has 1 aromatic heterocycles. The average Bonchev–Trinajstić information content (AvgIpc) is 2.57. The highest BCUT2D eigenvalue weighted by atomic mass is 15.0. The fourth-order valence-corrected chi connectivity index (χ4v) is 3.66. The number of unbranched alkanes of at least 4 members (excludes halogenated alkanes) is 4. The van der Waals surface area contributed by atoms with E-state index in [4.69, 9.17) is 0 Å². The summed E-state index contributed by atoms with van der Waals surface area (Å²) in [6.07, 6.45) is 14.7. The van der Waals surface area contributed by atoms with E-state index in [1.807, 2.05) is 13.1 Å². The van der Waals surface area contributed by atoms with Crippen molar-refractivity contribution in [2.75, 3.05) is 5.32 Å². The van der Waals surface area contributed by atoms with E-state index < -0.39 is 0 Å². The zero-order valence-electron chi connectivity index (χ0n) is 16.5. The number of nitrogens with one attached hydrogen (secondary N) is 1. The van der Waals surface area contributed by atoms with E-state index in [1.54, 1.807) is 0 Å². The molecule has 0 bridgehead atoms. The first kappa shape index (κ1) is 20.7. The fraction of sp³-hybridized carbons (Fsp3) is 0.682. The van der Waals surface area contributed by atoms with Gasteiger partial charge in [-0.1, -0.05) is 78.4 Å². The fourth-order valence-electron chi connectivity index (χ4n) is 3.66. The van der Waals surface area contributed by atoms with E-state index in [0.29, 0.717) is 0 Å². The summed E-state index contributed by atoms with van der Waals surface area (Å²) in [5.74, 6) is 1.02. The van der Waals surface area contributed by atoms with E-state index in [2.05, 4.69) is 49.8 Å². The number of hydrogen-bond acceptors (Lipinski definition) is 2. The van der Waals surface area contributed by atoms with Gasteiger partial charge in [0.1, 0.15) is 5.82 Å². The van der Waals surface area contributed by atoms with Crippen LogP contribution in [0.15, 0.2) is 30.6 Å². The van der Waals surface area contributed by atoms with Crippen LogP contribution in [0.2, 0.25) is 0 Å². The molecule has 24 heavy (non-hydrogen) atoms. The van der Waals surface area contributed by atoms with Crippen molar-refractivity contribution < 1.29 is 0 Å². The van der Waals surface area contributed by atoms with Crippen molar-refractivity contribution in [2.24, 2.45) is 0 Å². The van der Waals surface area contributed by atoms with E-state index in [0.717, 1.165) is 11.5 Å². The maximum atomic E-state index is 4.66. The van der Waals surface area contributed by atoms with Gasteiger partial charge in [0.2, 0.25) is 0 Å². The molecule has 1 rings (SSSR count). The molecule has 2 heteroatoms. The predicted molar refractivity (Wildman–Crippen MR) is 108 cm³/mol. The van der Waals surface area contributed by atoms with Crippen LogP contribution in [-0.2, 0) is 5.41 Å². The molecule has 0 aliphatic heterocycles. The van der Waals surface area contributed by atoms with Gasteiger partial charge in [0.15, 0.2) is 0 Å². The van der Waals surface area contributed by atoms with E-state index in [1.165, 1.54) is 69.8 Å². The van der Waals surface area contributed by atoms with Crippen LogP contribution in [0.3, 0.4) is 0 Å². The molecule has 0 saturated carbocycles. The summed E-state index contributed by atoms with van der Waals surface area (Å²) in [7, 11) is 0. The normalized spacial score (nSPS) is 11.5. The summed E-state index contributed by atoms with van der Waals surface area (Å²) < 4.78 is 0. The topological polar surface area (TPSA) is 24.9 Å². The highest BCUT2D eigenvalue weighted by Crippen LogP contribution is 2.43. The number of pyridine rings is 1. The van der Waals surface area contributed by atoms with Gasteiger partial charge < -0.3 is 5.32 Å². The van der Waals surface area contributed by atoms with Crippen LogP contribution in [0.4, 0.5) is 5.82 Å². The summed E-state index contributed by atoms with van der Waals surface area (Å²) in [4.78, 5) is 4.66. The van der Waals surface area contributed by atoms with E-state index >= 15 is 0 Å². The summed E-state index contributed by atoms with van der Waals surface area (Å²) in [5.41, 5.74) is 2.63. The Balaban J connectivity index is 3.22. The zero-order chi connectivity index (χ0) is 17.8. The molecule has 0 aromatic carbocycles. The standard InChI is InChI=1S/C22H38N2/c1-6-9-12-17-22(15-10-7-2,16-11-8-3)20-14-13-18-23-21(20)24-19(4)5/h13-14,18H,4,6-12,15-17H2,1-3,5H3,(H,23,24). The van der Waals surface area contributed by atoms with E-state index in [9.17, 15) is 0 Å². The minimum absolute atomic E-state index is 0.257. The number of rotatable bonds is 13. The number of hydrogen-bond donors (Lipinski definition) is 1. The van der Waals surface area contributed by atoms with Gasteiger partial charge in [0.25, 0.3) is 0 Å². The first-order chi connectivity index (χ1) is 11.6. The SMILES string of the molecule is C=C(C)Nc1ncccc1C(CCCC)(CCCC)CCCCC. The molecule has 0 saturated heterocycles. The lowest BCUT2D eigenvalue weighted by molar-refractivity contribution is 0.307. The summed E-state index contributed by atoms with van der Waals surface area (Å²) in [5, 5.41) is 3.42. The van der Waals surface area contributed by atoms with Gasteiger partial charge in [-0.25, -0.2) is 4.98 Å². The first-order valence-corrected chi connectivity index (χ1v) is 9.97. The smallest absolute Gasteiger partial charge is 0.133 e. The maximum absolute atomic E-state index is 4.66. The van der Waals surface area contributed by atoms with Gasteiger partial charge in [0.05, 0.1) is 0 Å². The highest BCUT2D eigenvalue weighted by Gasteiger charge is 2.33. The van der Waals surface area contributed by atoms with Crippen molar-refractivity contribution in [1.82, 2.24) is 4.98 Å². The quantitative estimate of drug-likeness (QED) is 0.386. The molecular weight excluding hydrogens is 292 g/mol. The summed E-state index contributed by atoms with van der Waals surface area (Å²) in [6.45, 7) is 12.9. The van der Waals surface area contributed by atoms with Crippen LogP contribution in [0, 0.1) is 0 Å². The third-order valence-corrected chi connectivity index (χ3v) is 4.99. The second-order valence-electron chi connectivity index (χ2n) is 7.25. The van der Waals surface area contributed by atoms with Crippen LogP contribution in [0.1, 0.15) is 97.5 Å². The van der Waals surface area contributed by atoms with Crippen molar-refractivity contribution in [3.8, 4) is 0 Å². The molecule has 0 radical (unpaired) electrons. The minimum Gasteiger partial charge on any atom is -0.344 e. The van der Waals surface area contributed by atoms with Gasteiger partial charge in [-0.3, -0.25) is 0 Å². The number of aromatic nitrogens is 1. The first-order valence-electron chi connectivity index (χ1n) is 9.97. The average molecular weight is 331 g/mol. The van der Waals surface area contributed by atoms with Crippen molar-refractivity contribution in [3.05, 3.63) is 36.2 Å². The minimum atomic E-state index is 0.257. The number of nitrogens with zero attached hydrogens (tertiary/aromatic N) is 1. The Hall–Kier alpha value is -1.31. The predicted octanol–water partition coefficient (Wildman–Crippen LogP) is 7.23. The molecule has 2 nitrogen and oxygen atoms in total. The highest BCUT2D eigenvalue weighted by molar-refractivity contribution is 5.51. The third kappa shape index (κ3) is 6.30. The van der Waals surface area contributed by atoms with Crippen molar-refractivity contribution in [3.63, 3.8) is 0 Å². The molecule has 0 unspecified atom stereocenters. The summed E-state index contributed by atoms with van der Waals surface area (Å²) in [6, 6.07) is 4.40. The Morgan fingerprint density at radius 1 is 1.00 bits per heavy atom. The molecular formula is C22H38N2. The van der Waals surface area contributed by atoms with Crippen LogP contribution in [0.25, 0.3) is 0 Å². The van der Waals surface area contributed by atoms with Gasteiger partial charge in [-0.05, 0) is 37.7 Å². The lowest BCUT2D eigenvalue weighted by Crippen LogP contribution is -2.28. The van der Waals surface area contributed by atoms with Gasteiger partial charge in [-0.2, -0.15) is 0 Å². The third-order valence-electron chi connectivity index (χ3n) is 4.99. The second kappa shape index (κ2) is 11.3. The molecule has 0 atom stereocenters. The largest absolute Gasteiger partial charge is 0.344 e. The Morgan fingerprint density at radius 3 is 2.12 bits per heavy atom. The molecule has 0 fully saturated rings. The lowest BCUT2D eigenvalue weighted by atomic mass is 9.69. The molecule has 136 valence electrons. The molecule has 0 amide bonds. The van der Waals surface area contributed by atoms with Crippen molar-refractivity contribution in [2.45, 2.75) is 97.3 Å². The van der Waals surface area contributed by atoms with Gasteiger partial charge >= 0.3 is 0 Å². The van der Waals surface area contributed by atoms with Crippen LogP contribution < -0.4 is 5.32 Å². The summed E-state index contributed by atoms with van der Waals surface area (Å²) >= 11 is 0. The Bertz CT molecular complexity index is 471. The van der Waals surface area contributed by atoms with E-state index in [-0.39, 0.29) is 5.41 Å².